The number of amides is 1. The lowest BCUT2D eigenvalue weighted by molar-refractivity contribution is -0.123. The van der Waals surface area contributed by atoms with Gasteiger partial charge in [0.2, 0.25) is 15.9 Å². The van der Waals surface area contributed by atoms with Gasteiger partial charge in [-0.1, -0.05) is 56.3 Å². The van der Waals surface area contributed by atoms with Gasteiger partial charge in [0.05, 0.1) is 17.5 Å². The Morgan fingerprint density at radius 1 is 1.00 bits per heavy atom. The van der Waals surface area contributed by atoms with Crippen molar-refractivity contribution in [3.05, 3.63) is 65.7 Å². The minimum atomic E-state index is -3.71. The molecule has 0 aliphatic rings. The van der Waals surface area contributed by atoms with Crippen LogP contribution in [0.15, 0.2) is 59.5 Å². The second-order valence-electron chi connectivity index (χ2n) is 7.41. The van der Waals surface area contributed by atoms with Gasteiger partial charge in [0.25, 0.3) is 0 Å². The van der Waals surface area contributed by atoms with Crippen LogP contribution in [0.25, 0.3) is 0 Å². The van der Waals surface area contributed by atoms with Crippen LogP contribution in [0.4, 0.5) is 0 Å². The van der Waals surface area contributed by atoms with Crippen molar-refractivity contribution in [1.82, 2.24) is 10.2 Å². The Bertz CT molecular complexity index is 881. The molecule has 7 heteroatoms. The van der Waals surface area contributed by atoms with Gasteiger partial charge in [-0.3, -0.25) is 9.69 Å². The van der Waals surface area contributed by atoms with Crippen molar-refractivity contribution in [2.45, 2.75) is 37.8 Å². The molecule has 2 atom stereocenters. The van der Waals surface area contributed by atoms with Crippen molar-refractivity contribution in [3.8, 4) is 0 Å². The monoisotopic (exact) mass is 403 g/mol. The third-order valence-electron chi connectivity index (χ3n) is 4.89. The van der Waals surface area contributed by atoms with E-state index in [-0.39, 0.29) is 35.3 Å². The lowest BCUT2D eigenvalue weighted by Gasteiger charge is -2.27. The summed E-state index contributed by atoms with van der Waals surface area (Å²) in [5, 5.41) is 8.26. The van der Waals surface area contributed by atoms with Crippen LogP contribution in [0.3, 0.4) is 0 Å². The van der Waals surface area contributed by atoms with Gasteiger partial charge in [0.1, 0.15) is 0 Å². The molecule has 0 radical (unpaired) electrons. The minimum absolute atomic E-state index is 0.0496. The molecule has 2 aromatic rings. The molecule has 2 rings (SSSR count). The Labute approximate surface area is 167 Å². The molecular formula is C21H29N3O3S. The first kappa shape index (κ1) is 22.1. The largest absolute Gasteiger partial charge is 0.348 e. The van der Waals surface area contributed by atoms with Crippen LogP contribution in [-0.2, 0) is 14.8 Å². The van der Waals surface area contributed by atoms with Crippen molar-refractivity contribution in [2.75, 3.05) is 13.6 Å². The van der Waals surface area contributed by atoms with Crippen molar-refractivity contribution in [2.24, 2.45) is 11.1 Å². The fourth-order valence-corrected chi connectivity index (χ4v) is 3.58. The highest BCUT2D eigenvalue weighted by Crippen LogP contribution is 2.23. The zero-order valence-corrected chi connectivity index (χ0v) is 17.6. The van der Waals surface area contributed by atoms with Gasteiger partial charge >= 0.3 is 0 Å². The van der Waals surface area contributed by atoms with E-state index in [2.05, 4.69) is 19.2 Å². The van der Waals surface area contributed by atoms with Crippen LogP contribution in [0, 0.1) is 5.92 Å². The number of hydrogen-bond acceptors (Lipinski definition) is 4. The number of carbonyl (C=O) groups excluding carboxylic acids is 1. The third kappa shape index (κ3) is 5.89. The van der Waals surface area contributed by atoms with E-state index < -0.39 is 10.0 Å². The second kappa shape index (κ2) is 9.32. The molecule has 0 saturated heterocycles. The summed E-state index contributed by atoms with van der Waals surface area (Å²) >= 11 is 0. The number of nitrogens with one attached hydrogen (secondary N) is 1. The zero-order valence-electron chi connectivity index (χ0n) is 16.8. The quantitative estimate of drug-likeness (QED) is 0.709. The molecule has 0 spiro atoms. The van der Waals surface area contributed by atoms with Gasteiger partial charge < -0.3 is 5.32 Å². The number of hydrogen-bond donors (Lipinski definition) is 2. The Kier molecular flexibility index (Phi) is 7.35. The Morgan fingerprint density at radius 3 is 2.07 bits per heavy atom. The van der Waals surface area contributed by atoms with E-state index >= 15 is 0 Å². The van der Waals surface area contributed by atoms with Crippen LogP contribution in [0.1, 0.15) is 44.0 Å². The number of likely N-dealkylation sites (N-methyl/N-ethyl adjacent to an activating group) is 1. The summed E-state index contributed by atoms with van der Waals surface area (Å²) in [7, 11) is -1.84. The fourth-order valence-electron chi connectivity index (χ4n) is 3.07. The number of carbonyl (C=O) groups is 1. The summed E-state index contributed by atoms with van der Waals surface area (Å²) < 4.78 is 22.8. The van der Waals surface area contributed by atoms with E-state index in [9.17, 15) is 13.2 Å². The molecule has 0 heterocycles. The smallest absolute Gasteiger partial charge is 0.238 e. The van der Waals surface area contributed by atoms with Crippen molar-refractivity contribution in [1.29, 1.82) is 0 Å². The lowest BCUT2D eigenvalue weighted by Crippen LogP contribution is -2.39. The number of sulfonamides is 1. The normalized spacial score (nSPS) is 14.1. The first-order valence-corrected chi connectivity index (χ1v) is 10.8. The van der Waals surface area contributed by atoms with E-state index in [0.29, 0.717) is 0 Å². The van der Waals surface area contributed by atoms with Gasteiger partial charge in [-0.15, -0.1) is 0 Å². The maximum atomic E-state index is 12.6. The van der Waals surface area contributed by atoms with Gasteiger partial charge in [-0.2, -0.15) is 0 Å². The van der Waals surface area contributed by atoms with E-state index in [1.54, 1.807) is 12.1 Å². The standard InChI is InChI=1S/C21H29N3O3S/c1-15(2)21(18-8-6-5-7-9-18)23-20(25)14-24(4)16(3)17-10-12-19(13-11-17)28(22,26)27/h5-13,15-16,21H,14H2,1-4H3,(H,23,25)(H2,22,26,27). The summed E-state index contributed by atoms with van der Waals surface area (Å²) in [6.45, 7) is 6.36. The average Bonchev–Trinajstić information content (AvgIpc) is 2.65. The molecule has 3 N–H and O–H groups in total. The first-order valence-electron chi connectivity index (χ1n) is 9.27. The number of primary sulfonamides is 1. The summed E-state index contributed by atoms with van der Waals surface area (Å²) in [6, 6.07) is 16.2. The lowest BCUT2D eigenvalue weighted by atomic mass is 9.96. The first-order chi connectivity index (χ1) is 13.1. The van der Waals surface area contributed by atoms with Gasteiger partial charge in [0, 0.05) is 6.04 Å². The summed E-state index contributed by atoms with van der Waals surface area (Å²) in [5.41, 5.74) is 1.99. The molecule has 28 heavy (non-hydrogen) atoms. The van der Waals surface area contributed by atoms with E-state index in [4.69, 9.17) is 5.14 Å². The van der Waals surface area contributed by atoms with E-state index in [1.165, 1.54) is 12.1 Å². The number of benzene rings is 2. The molecule has 0 bridgehead atoms. The number of nitrogens with two attached hydrogens (primary N) is 1. The molecule has 2 aromatic carbocycles. The summed E-state index contributed by atoms with van der Waals surface area (Å²) in [6.07, 6.45) is 0. The SMILES string of the molecule is CC(C)C(NC(=O)CN(C)C(C)c1ccc(S(N)(=O)=O)cc1)c1ccccc1. The molecule has 0 fully saturated rings. The molecule has 152 valence electrons. The van der Waals surface area contributed by atoms with Gasteiger partial charge in [0.15, 0.2) is 0 Å². The highest BCUT2D eigenvalue weighted by Gasteiger charge is 2.21. The zero-order chi connectivity index (χ0) is 20.9. The van der Waals surface area contributed by atoms with Crippen LogP contribution >= 0.6 is 0 Å². The van der Waals surface area contributed by atoms with Crippen LogP contribution in [-0.4, -0.2) is 32.8 Å². The van der Waals surface area contributed by atoms with Crippen LogP contribution < -0.4 is 10.5 Å². The van der Waals surface area contributed by atoms with Crippen molar-refractivity contribution < 1.29 is 13.2 Å². The third-order valence-corrected chi connectivity index (χ3v) is 5.82. The minimum Gasteiger partial charge on any atom is -0.348 e. The van der Waals surface area contributed by atoms with Crippen molar-refractivity contribution >= 4 is 15.9 Å². The number of nitrogens with zero attached hydrogens (tertiary/aromatic N) is 1. The molecular weight excluding hydrogens is 374 g/mol. The van der Waals surface area contributed by atoms with Crippen LogP contribution in [0.2, 0.25) is 0 Å². The molecule has 0 aliphatic heterocycles. The van der Waals surface area contributed by atoms with E-state index in [1.807, 2.05) is 49.2 Å². The molecule has 2 unspecified atom stereocenters. The average molecular weight is 404 g/mol. The highest BCUT2D eigenvalue weighted by atomic mass is 32.2. The van der Waals surface area contributed by atoms with Gasteiger partial charge in [-0.05, 0) is 43.1 Å². The Balaban J connectivity index is 2.02. The second-order valence-corrected chi connectivity index (χ2v) is 8.97. The van der Waals surface area contributed by atoms with Gasteiger partial charge in [-0.25, -0.2) is 13.6 Å². The summed E-state index contributed by atoms with van der Waals surface area (Å²) in [4.78, 5) is 14.6. The fraction of sp³-hybridized carbons (Fsp3) is 0.381. The predicted molar refractivity (Wildman–Crippen MR) is 111 cm³/mol. The predicted octanol–water partition coefficient (Wildman–Crippen LogP) is 2.84. The maximum Gasteiger partial charge on any atom is 0.238 e. The molecule has 6 nitrogen and oxygen atoms in total. The Morgan fingerprint density at radius 2 is 1.57 bits per heavy atom. The topological polar surface area (TPSA) is 92.5 Å². The molecule has 0 saturated carbocycles. The summed E-state index contributed by atoms with van der Waals surface area (Å²) in [5.74, 6) is 0.206. The molecule has 0 aromatic heterocycles. The van der Waals surface area contributed by atoms with E-state index in [0.717, 1.165) is 11.1 Å². The highest BCUT2D eigenvalue weighted by molar-refractivity contribution is 7.89. The molecule has 1 amide bonds. The van der Waals surface area contributed by atoms with Crippen LogP contribution in [0.5, 0.6) is 0 Å². The maximum absolute atomic E-state index is 12.6. The molecule has 0 aliphatic carbocycles. The number of rotatable bonds is 8. The van der Waals surface area contributed by atoms with Crippen molar-refractivity contribution in [3.63, 3.8) is 0 Å². The Hall–Kier alpha value is -2.22.